The molecule has 1 aliphatic carbocycles. The fraction of sp³-hybridized carbons (Fsp3) is 0.650. The van der Waals surface area contributed by atoms with Crippen LogP contribution in [-0.2, 0) is 21.0 Å². The molecule has 1 aromatic rings. The van der Waals surface area contributed by atoms with E-state index in [1.54, 1.807) is 11.9 Å². The monoisotopic (exact) mass is 447 g/mol. The molecule has 4 atom stereocenters. The van der Waals surface area contributed by atoms with Crippen LogP contribution in [0.15, 0.2) is 29.2 Å². The third kappa shape index (κ3) is 4.22. The number of sulfonamides is 1. The largest absolute Gasteiger partial charge is 0.416 e. The Kier molecular flexibility index (Phi) is 6.23. The van der Waals surface area contributed by atoms with Crippen LogP contribution in [0.5, 0.6) is 0 Å². The molecule has 10 heteroatoms. The summed E-state index contributed by atoms with van der Waals surface area (Å²) >= 11 is 0. The molecule has 2 N–H and O–H groups in total. The molecule has 30 heavy (non-hydrogen) atoms. The van der Waals surface area contributed by atoms with Gasteiger partial charge in [0.2, 0.25) is 15.9 Å². The zero-order valence-electron chi connectivity index (χ0n) is 17.3. The second kappa shape index (κ2) is 8.12. The first kappa shape index (κ1) is 23.0. The zero-order chi connectivity index (χ0) is 22.4. The Balaban J connectivity index is 1.74. The number of nitrogens with zero attached hydrogens (tertiary/aromatic N) is 2. The van der Waals surface area contributed by atoms with Gasteiger partial charge in [-0.3, -0.25) is 4.79 Å². The van der Waals surface area contributed by atoms with Crippen molar-refractivity contribution in [3.05, 3.63) is 29.8 Å². The molecule has 0 spiro atoms. The SMILES string of the molecule is CC(C)[C@H](N)C(=O)N(C)[C@H]1CC[C@@H]2CN(S(=O)(=O)c3ccc(C(F)(F)F)cc3)C[C@@H]21. The Morgan fingerprint density at radius 2 is 1.77 bits per heavy atom. The van der Waals surface area contributed by atoms with Crippen molar-refractivity contribution >= 4 is 15.9 Å². The number of likely N-dealkylation sites (N-methyl/N-ethyl adjacent to an activating group) is 1. The molecule has 3 rings (SSSR count). The lowest BCUT2D eigenvalue weighted by molar-refractivity contribution is -0.137. The van der Waals surface area contributed by atoms with Crippen LogP contribution in [0.4, 0.5) is 13.2 Å². The van der Waals surface area contributed by atoms with Gasteiger partial charge in [-0.05, 0) is 54.9 Å². The molecule has 1 heterocycles. The summed E-state index contributed by atoms with van der Waals surface area (Å²) in [6.45, 7) is 4.31. The smallest absolute Gasteiger partial charge is 0.341 e. The van der Waals surface area contributed by atoms with Gasteiger partial charge in [0, 0.05) is 26.2 Å². The van der Waals surface area contributed by atoms with Gasteiger partial charge >= 0.3 is 6.18 Å². The number of hydrogen-bond donors (Lipinski definition) is 1. The van der Waals surface area contributed by atoms with Crippen LogP contribution >= 0.6 is 0 Å². The number of fused-ring (bicyclic) bond motifs is 1. The molecule has 1 amide bonds. The molecule has 1 saturated carbocycles. The van der Waals surface area contributed by atoms with Crippen molar-refractivity contribution in [1.82, 2.24) is 9.21 Å². The lowest BCUT2D eigenvalue weighted by Crippen LogP contribution is -2.50. The number of rotatable bonds is 5. The van der Waals surface area contributed by atoms with Crippen molar-refractivity contribution in [2.45, 2.75) is 49.8 Å². The molecule has 6 nitrogen and oxygen atoms in total. The molecular formula is C20H28F3N3O3S. The highest BCUT2D eigenvalue weighted by Crippen LogP contribution is 2.42. The number of carbonyl (C=O) groups excluding carboxylic acids is 1. The minimum atomic E-state index is -4.52. The molecule has 0 radical (unpaired) electrons. The van der Waals surface area contributed by atoms with E-state index in [0.29, 0.717) is 6.54 Å². The van der Waals surface area contributed by atoms with Crippen LogP contribution in [0.2, 0.25) is 0 Å². The molecule has 168 valence electrons. The van der Waals surface area contributed by atoms with E-state index < -0.39 is 27.8 Å². The van der Waals surface area contributed by atoms with E-state index in [-0.39, 0.29) is 41.1 Å². The molecular weight excluding hydrogens is 419 g/mol. The molecule has 1 saturated heterocycles. The van der Waals surface area contributed by atoms with Crippen molar-refractivity contribution in [2.75, 3.05) is 20.1 Å². The quantitative estimate of drug-likeness (QED) is 0.752. The molecule has 0 unspecified atom stereocenters. The van der Waals surface area contributed by atoms with Gasteiger partial charge in [0.1, 0.15) is 0 Å². The van der Waals surface area contributed by atoms with Crippen LogP contribution in [0, 0.1) is 17.8 Å². The molecule has 1 aliphatic heterocycles. The molecule has 2 fully saturated rings. The van der Waals surface area contributed by atoms with E-state index in [4.69, 9.17) is 5.73 Å². The highest BCUT2D eigenvalue weighted by atomic mass is 32.2. The maximum atomic E-state index is 13.0. The summed E-state index contributed by atoms with van der Waals surface area (Å²) in [5.41, 5.74) is 5.12. The van der Waals surface area contributed by atoms with Crippen molar-refractivity contribution in [3.63, 3.8) is 0 Å². The van der Waals surface area contributed by atoms with Crippen LogP contribution in [0.1, 0.15) is 32.3 Å². The lowest BCUT2D eigenvalue weighted by atomic mass is 9.96. The van der Waals surface area contributed by atoms with Crippen LogP contribution < -0.4 is 5.73 Å². The first-order valence-corrected chi connectivity index (χ1v) is 11.5. The second-order valence-electron chi connectivity index (χ2n) is 8.63. The maximum absolute atomic E-state index is 13.0. The number of halogens is 3. The summed E-state index contributed by atoms with van der Waals surface area (Å²) in [5, 5.41) is 0. The standard InChI is InChI=1S/C20H28F3N3O3S/c1-12(2)18(24)19(27)25(3)17-9-4-13-10-26(11-16(13)17)30(28,29)15-7-5-14(6-8-15)20(21,22)23/h5-8,12-13,16-18H,4,9-11,24H2,1-3H3/t13-,16+,17+,18+/m1/s1. The van der Waals surface area contributed by atoms with Gasteiger partial charge in [0.25, 0.3) is 0 Å². The molecule has 0 aromatic heterocycles. The first-order valence-electron chi connectivity index (χ1n) is 10.0. The van der Waals surface area contributed by atoms with E-state index in [9.17, 15) is 26.4 Å². The summed E-state index contributed by atoms with van der Waals surface area (Å²) in [4.78, 5) is 14.2. The fourth-order valence-corrected chi connectivity index (χ4v) is 6.06. The predicted molar refractivity (Wildman–Crippen MR) is 106 cm³/mol. The number of amides is 1. The number of alkyl halides is 3. The minimum absolute atomic E-state index is 0.00252. The summed E-state index contributed by atoms with van der Waals surface area (Å²) < 4.78 is 65.6. The Morgan fingerprint density at radius 3 is 2.30 bits per heavy atom. The fourth-order valence-electron chi connectivity index (χ4n) is 4.52. The van der Waals surface area contributed by atoms with Gasteiger partial charge in [0.05, 0.1) is 16.5 Å². The topological polar surface area (TPSA) is 83.7 Å². The number of carbonyl (C=O) groups is 1. The maximum Gasteiger partial charge on any atom is 0.416 e. The normalized spacial score (nSPS) is 26.1. The summed E-state index contributed by atoms with van der Waals surface area (Å²) in [5.74, 6) is -0.0516. The van der Waals surface area contributed by atoms with Crippen molar-refractivity contribution in [1.29, 1.82) is 0 Å². The van der Waals surface area contributed by atoms with Gasteiger partial charge < -0.3 is 10.6 Å². The van der Waals surface area contributed by atoms with Crippen LogP contribution in [0.25, 0.3) is 0 Å². The van der Waals surface area contributed by atoms with Gasteiger partial charge in [-0.15, -0.1) is 0 Å². The number of nitrogens with two attached hydrogens (primary N) is 1. The average molecular weight is 448 g/mol. The zero-order valence-corrected chi connectivity index (χ0v) is 18.1. The van der Waals surface area contributed by atoms with Crippen molar-refractivity contribution in [3.8, 4) is 0 Å². The van der Waals surface area contributed by atoms with E-state index in [2.05, 4.69) is 0 Å². The third-order valence-corrected chi connectivity index (χ3v) is 8.30. The molecule has 2 aliphatic rings. The highest BCUT2D eigenvalue weighted by molar-refractivity contribution is 7.89. The number of hydrogen-bond acceptors (Lipinski definition) is 4. The second-order valence-corrected chi connectivity index (χ2v) is 10.6. The summed E-state index contributed by atoms with van der Waals surface area (Å²) in [6.07, 6.45) is -2.94. The van der Waals surface area contributed by atoms with Crippen LogP contribution in [0.3, 0.4) is 0 Å². The van der Waals surface area contributed by atoms with Crippen molar-refractivity contribution in [2.24, 2.45) is 23.5 Å². The highest BCUT2D eigenvalue weighted by Gasteiger charge is 2.48. The predicted octanol–water partition coefficient (Wildman–Crippen LogP) is 2.55. The Labute approximate surface area is 175 Å². The van der Waals surface area contributed by atoms with E-state index in [1.165, 1.54) is 4.31 Å². The Bertz CT molecular complexity index is 887. The third-order valence-electron chi connectivity index (χ3n) is 6.45. The Hall–Kier alpha value is -1.65. The average Bonchev–Trinajstić information content (AvgIpc) is 3.26. The van der Waals surface area contributed by atoms with E-state index >= 15 is 0 Å². The first-order chi connectivity index (χ1) is 13.8. The van der Waals surface area contributed by atoms with Gasteiger partial charge in [-0.25, -0.2) is 8.42 Å². The van der Waals surface area contributed by atoms with E-state index in [1.807, 2.05) is 13.8 Å². The van der Waals surface area contributed by atoms with Gasteiger partial charge in [-0.2, -0.15) is 17.5 Å². The van der Waals surface area contributed by atoms with Gasteiger partial charge in [0.15, 0.2) is 0 Å². The van der Waals surface area contributed by atoms with Crippen molar-refractivity contribution < 1.29 is 26.4 Å². The lowest BCUT2D eigenvalue weighted by Gasteiger charge is -2.32. The van der Waals surface area contributed by atoms with E-state index in [0.717, 1.165) is 37.1 Å². The minimum Gasteiger partial charge on any atom is -0.341 e. The Morgan fingerprint density at radius 1 is 1.17 bits per heavy atom. The molecule has 0 bridgehead atoms. The number of benzene rings is 1. The molecule has 1 aromatic carbocycles. The summed E-state index contributed by atoms with van der Waals surface area (Å²) in [6, 6.07) is 2.86. The summed E-state index contributed by atoms with van der Waals surface area (Å²) in [7, 11) is -2.19. The van der Waals surface area contributed by atoms with Crippen LogP contribution in [-0.4, -0.2) is 55.8 Å². The van der Waals surface area contributed by atoms with Gasteiger partial charge in [-0.1, -0.05) is 13.8 Å².